The van der Waals surface area contributed by atoms with Gasteiger partial charge in [-0.25, -0.2) is 4.90 Å². The van der Waals surface area contributed by atoms with Crippen LogP contribution in [0.2, 0.25) is 10.0 Å². The number of benzene rings is 3. The number of imide groups is 1. The number of hydrogen-bond acceptors (Lipinski definition) is 4. The Bertz CT molecular complexity index is 1170. The minimum Gasteiger partial charge on any atom is -0.492 e. The standard InChI is InChI=1S/C24H18Cl2N2O3/c1-2-31-20-11-7-6-10-19(20)27-22-21(15-8-4-3-5-9-15)23(29)28(24(22)30)18-13-16(25)12-17(26)14-18/h3-14,27H,2H2,1H3. The third kappa shape index (κ3) is 4.15. The quantitative estimate of drug-likeness (QED) is 0.480. The fourth-order valence-electron chi connectivity index (χ4n) is 3.41. The summed E-state index contributed by atoms with van der Waals surface area (Å²) in [4.78, 5) is 28.0. The first-order valence-corrected chi connectivity index (χ1v) is 10.4. The molecule has 0 saturated heterocycles. The van der Waals surface area contributed by atoms with Crippen LogP contribution in [-0.4, -0.2) is 18.4 Å². The van der Waals surface area contributed by atoms with Gasteiger partial charge >= 0.3 is 0 Å². The summed E-state index contributed by atoms with van der Waals surface area (Å²) in [7, 11) is 0. The Kier molecular flexibility index (Phi) is 5.98. The van der Waals surface area contributed by atoms with E-state index in [1.165, 1.54) is 12.1 Å². The third-order valence-electron chi connectivity index (χ3n) is 4.70. The first-order valence-electron chi connectivity index (χ1n) is 9.63. The van der Waals surface area contributed by atoms with Gasteiger partial charge in [0.15, 0.2) is 0 Å². The summed E-state index contributed by atoms with van der Waals surface area (Å²) in [6, 6.07) is 20.9. The van der Waals surface area contributed by atoms with E-state index in [4.69, 9.17) is 27.9 Å². The lowest BCUT2D eigenvalue weighted by atomic mass is 10.0. The van der Waals surface area contributed by atoms with Crippen LogP contribution in [0.25, 0.3) is 5.57 Å². The first kappa shape index (κ1) is 21.0. The number of amides is 2. The molecule has 0 aromatic heterocycles. The highest BCUT2D eigenvalue weighted by molar-refractivity contribution is 6.46. The first-order chi connectivity index (χ1) is 15.0. The van der Waals surface area contributed by atoms with Gasteiger partial charge in [-0.3, -0.25) is 9.59 Å². The average molecular weight is 453 g/mol. The summed E-state index contributed by atoms with van der Waals surface area (Å²) < 4.78 is 5.66. The molecule has 0 radical (unpaired) electrons. The molecule has 5 nitrogen and oxygen atoms in total. The van der Waals surface area contributed by atoms with E-state index >= 15 is 0 Å². The number of nitrogens with zero attached hydrogens (tertiary/aromatic N) is 1. The van der Waals surface area contributed by atoms with Crippen molar-refractivity contribution in [1.82, 2.24) is 0 Å². The van der Waals surface area contributed by atoms with Crippen LogP contribution < -0.4 is 15.0 Å². The smallest absolute Gasteiger partial charge is 0.282 e. The van der Waals surface area contributed by atoms with Gasteiger partial charge in [0.1, 0.15) is 11.4 Å². The molecular weight excluding hydrogens is 435 g/mol. The fourth-order valence-corrected chi connectivity index (χ4v) is 3.92. The Balaban J connectivity index is 1.83. The maximum atomic E-state index is 13.5. The molecule has 0 bridgehead atoms. The van der Waals surface area contributed by atoms with Crippen LogP contribution >= 0.6 is 23.2 Å². The summed E-state index contributed by atoms with van der Waals surface area (Å²) >= 11 is 12.2. The van der Waals surface area contributed by atoms with Gasteiger partial charge in [-0.2, -0.15) is 0 Å². The van der Waals surface area contributed by atoms with Crippen molar-refractivity contribution < 1.29 is 14.3 Å². The molecule has 1 heterocycles. The van der Waals surface area contributed by atoms with Crippen molar-refractivity contribution in [2.75, 3.05) is 16.8 Å². The fraction of sp³-hybridized carbons (Fsp3) is 0.0833. The van der Waals surface area contributed by atoms with Gasteiger partial charge in [0, 0.05) is 10.0 Å². The molecule has 1 aliphatic rings. The Morgan fingerprint density at radius 2 is 1.52 bits per heavy atom. The van der Waals surface area contributed by atoms with Crippen molar-refractivity contribution in [2.45, 2.75) is 6.92 Å². The number of anilines is 2. The van der Waals surface area contributed by atoms with E-state index in [9.17, 15) is 9.59 Å². The van der Waals surface area contributed by atoms with Crippen LogP contribution in [0.1, 0.15) is 12.5 Å². The lowest BCUT2D eigenvalue weighted by Crippen LogP contribution is -2.32. The van der Waals surface area contributed by atoms with E-state index in [1.54, 1.807) is 30.3 Å². The predicted octanol–water partition coefficient (Wildman–Crippen LogP) is 5.79. The zero-order valence-corrected chi connectivity index (χ0v) is 18.1. The van der Waals surface area contributed by atoms with E-state index < -0.39 is 11.8 Å². The van der Waals surface area contributed by atoms with Crippen LogP contribution in [0.5, 0.6) is 5.75 Å². The van der Waals surface area contributed by atoms with Crippen molar-refractivity contribution in [3.63, 3.8) is 0 Å². The van der Waals surface area contributed by atoms with Gasteiger partial charge in [0.2, 0.25) is 0 Å². The minimum absolute atomic E-state index is 0.152. The molecule has 1 aliphatic heterocycles. The highest BCUT2D eigenvalue weighted by atomic mass is 35.5. The van der Waals surface area contributed by atoms with E-state index in [1.807, 2.05) is 37.3 Å². The summed E-state index contributed by atoms with van der Waals surface area (Å²) in [5, 5.41) is 3.78. The molecule has 3 aromatic rings. The average Bonchev–Trinajstić information content (AvgIpc) is 2.99. The molecule has 156 valence electrons. The van der Waals surface area contributed by atoms with E-state index in [0.29, 0.717) is 39.3 Å². The number of carbonyl (C=O) groups is 2. The van der Waals surface area contributed by atoms with Gasteiger partial charge in [-0.1, -0.05) is 65.7 Å². The molecule has 0 fully saturated rings. The Morgan fingerprint density at radius 3 is 2.19 bits per heavy atom. The second kappa shape index (κ2) is 8.84. The maximum absolute atomic E-state index is 13.5. The zero-order valence-electron chi connectivity index (χ0n) is 16.6. The van der Waals surface area contributed by atoms with Gasteiger partial charge in [0.05, 0.1) is 23.6 Å². The van der Waals surface area contributed by atoms with Crippen LogP contribution in [-0.2, 0) is 9.59 Å². The second-order valence-electron chi connectivity index (χ2n) is 6.74. The SMILES string of the molecule is CCOc1ccccc1NC1=C(c2ccccc2)C(=O)N(c2cc(Cl)cc(Cl)c2)C1=O. The van der Waals surface area contributed by atoms with Gasteiger partial charge in [-0.15, -0.1) is 0 Å². The van der Waals surface area contributed by atoms with Crippen molar-refractivity contribution in [3.05, 3.63) is 94.1 Å². The maximum Gasteiger partial charge on any atom is 0.282 e. The monoisotopic (exact) mass is 452 g/mol. The number of halogens is 2. The molecule has 2 amide bonds. The molecule has 0 unspecified atom stereocenters. The van der Waals surface area contributed by atoms with Gasteiger partial charge in [-0.05, 0) is 42.8 Å². The largest absolute Gasteiger partial charge is 0.492 e. The Labute approximate surface area is 189 Å². The lowest BCUT2D eigenvalue weighted by Gasteiger charge is -2.16. The Hall–Kier alpha value is -3.28. The van der Waals surface area contributed by atoms with Crippen LogP contribution in [0.15, 0.2) is 78.5 Å². The minimum atomic E-state index is -0.506. The molecule has 1 N–H and O–H groups in total. The summed E-state index contributed by atoms with van der Waals surface area (Å²) in [5.41, 5.74) is 1.91. The molecule has 0 spiro atoms. The number of para-hydroxylation sites is 2. The zero-order chi connectivity index (χ0) is 22.0. The van der Waals surface area contributed by atoms with E-state index in [0.717, 1.165) is 4.90 Å². The number of ether oxygens (including phenoxy) is 1. The highest BCUT2D eigenvalue weighted by Crippen LogP contribution is 2.37. The molecular formula is C24H18Cl2N2O3. The number of nitrogens with one attached hydrogen (secondary N) is 1. The Morgan fingerprint density at radius 1 is 0.871 bits per heavy atom. The van der Waals surface area contributed by atoms with Crippen molar-refractivity contribution in [3.8, 4) is 5.75 Å². The lowest BCUT2D eigenvalue weighted by molar-refractivity contribution is -0.120. The summed E-state index contributed by atoms with van der Waals surface area (Å²) in [5.74, 6) is -0.395. The molecule has 0 aliphatic carbocycles. The number of hydrogen-bond donors (Lipinski definition) is 1. The summed E-state index contributed by atoms with van der Waals surface area (Å²) in [6.07, 6.45) is 0. The summed E-state index contributed by atoms with van der Waals surface area (Å²) in [6.45, 7) is 2.34. The van der Waals surface area contributed by atoms with E-state index in [-0.39, 0.29) is 11.3 Å². The topological polar surface area (TPSA) is 58.6 Å². The number of rotatable bonds is 6. The number of carbonyl (C=O) groups excluding carboxylic acids is 2. The normalized spacial score (nSPS) is 13.7. The molecule has 7 heteroatoms. The molecule has 3 aromatic carbocycles. The van der Waals surface area contributed by atoms with Gasteiger partial charge in [0.25, 0.3) is 11.8 Å². The molecule has 31 heavy (non-hydrogen) atoms. The molecule has 0 saturated carbocycles. The van der Waals surface area contributed by atoms with Crippen LogP contribution in [0, 0.1) is 0 Å². The van der Waals surface area contributed by atoms with Crippen molar-refractivity contribution in [2.24, 2.45) is 0 Å². The van der Waals surface area contributed by atoms with Crippen LogP contribution in [0.3, 0.4) is 0 Å². The van der Waals surface area contributed by atoms with E-state index in [2.05, 4.69) is 5.32 Å². The van der Waals surface area contributed by atoms with Crippen LogP contribution in [0.4, 0.5) is 11.4 Å². The van der Waals surface area contributed by atoms with Crippen molar-refractivity contribution >= 4 is 52.0 Å². The van der Waals surface area contributed by atoms with Gasteiger partial charge < -0.3 is 10.1 Å². The van der Waals surface area contributed by atoms with Crippen molar-refractivity contribution in [1.29, 1.82) is 0 Å². The second-order valence-corrected chi connectivity index (χ2v) is 7.62. The highest BCUT2D eigenvalue weighted by Gasteiger charge is 2.40. The predicted molar refractivity (Wildman–Crippen MR) is 124 cm³/mol. The molecule has 0 atom stereocenters. The molecule has 4 rings (SSSR count). The third-order valence-corrected chi connectivity index (χ3v) is 5.13.